The first kappa shape index (κ1) is 12.3. The van der Waals surface area contributed by atoms with Gasteiger partial charge in [-0.3, -0.25) is 0 Å². The molecule has 0 heterocycles. The van der Waals surface area contributed by atoms with Crippen LogP contribution in [0.2, 0.25) is 0 Å². The van der Waals surface area contributed by atoms with Crippen molar-refractivity contribution in [1.82, 2.24) is 5.32 Å². The molecule has 2 fully saturated rings. The Bertz CT molecular complexity index is 246. The van der Waals surface area contributed by atoms with Crippen LogP contribution in [0.4, 0.5) is 0 Å². The minimum Gasteiger partial charge on any atom is -0.389 e. The summed E-state index contributed by atoms with van der Waals surface area (Å²) in [6.07, 6.45) is 5.70. The SMILES string of the molecule is COC1CC(NCC2(O)CCCC2)C1(C)C. The fourth-order valence-corrected chi connectivity index (χ4v) is 3.15. The number of ether oxygens (including phenoxy) is 1. The standard InChI is InChI=1S/C13H25NO2/c1-12(2)10(8-11(12)16-3)14-9-13(15)6-4-5-7-13/h10-11,14-15H,4-9H2,1-3H3. The highest BCUT2D eigenvalue weighted by Crippen LogP contribution is 2.42. The van der Waals surface area contributed by atoms with Crippen LogP contribution in [0, 0.1) is 5.41 Å². The monoisotopic (exact) mass is 227 g/mol. The van der Waals surface area contributed by atoms with Gasteiger partial charge < -0.3 is 15.2 Å². The predicted molar refractivity (Wildman–Crippen MR) is 64.4 cm³/mol. The van der Waals surface area contributed by atoms with Gasteiger partial charge in [0.2, 0.25) is 0 Å². The van der Waals surface area contributed by atoms with Crippen LogP contribution in [-0.4, -0.2) is 36.5 Å². The molecule has 3 heteroatoms. The molecular formula is C13H25NO2. The maximum Gasteiger partial charge on any atom is 0.0771 e. The van der Waals surface area contributed by atoms with Gasteiger partial charge in [-0.2, -0.15) is 0 Å². The summed E-state index contributed by atoms with van der Waals surface area (Å²) >= 11 is 0. The number of methoxy groups -OCH3 is 1. The summed E-state index contributed by atoms with van der Waals surface area (Å²) < 4.78 is 5.43. The molecule has 16 heavy (non-hydrogen) atoms. The van der Waals surface area contributed by atoms with E-state index in [0.717, 1.165) is 25.8 Å². The summed E-state index contributed by atoms with van der Waals surface area (Å²) in [4.78, 5) is 0. The van der Waals surface area contributed by atoms with E-state index in [0.29, 0.717) is 12.1 Å². The molecule has 94 valence electrons. The van der Waals surface area contributed by atoms with Crippen molar-refractivity contribution in [3.63, 3.8) is 0 Å². The maximum absolute atomic E-state index is 10.3. The quantitative estimate of drug-likeness (QED) is 0.768. The molecule has 2 N–H and O–H groups in total. The second kappa shape index (κ2) is 4.28. The molecule has 2 unspecified atom stereocenters. The van der Waals surface area contributed by atoms with Crippen molar-refractivity contribution in [2.45, 2.75) is 63.7 Å². The Hall–Kier alpha value is -0.120. The van der Waals surface area contributed by atoms with E-state index < -0.39 is 5.60 Å². The van der Waals surface area contributed by atoms with Crippen molar-refractivity contribution >= 4 is 0 Å². The van der Waals surface area contributed by atoms with Crippen LogP contribution >= 0.6 is 0 Å². The van der Waals surface area contributed by atoms with Crippen LogP contribution in [0.1, 0.15) is 46.0 Å². The molecule has 0 aromatic rings. The molecule has 0 spiro atoms. The van der Waals surface area contributed by atoms with Gasteiger partial charge in [-0.25, -0.2) is 0 Å². The third-order valence-corrected chi connectivity index (χ3v) is 4.67. The number of hydrogen-bond donors (Lipinski definition) is 2. The van der Waals surface area contributed by atoms with Crippen molar-refractivity contribution in [2.24, 2.45) is 5.41 Å². The first-order valence-corrected chi connectivity index (χ1v) is 6.46. The van der Waals surface area contributed by atoms with Gasteiger partial charge in [0.05, 0.1) is 11.7 Å². The van der Waals surface area contributed by atoms with Crippen molar-refractivity contribution in [2.75, 3.05) is 13.7 Å². The van der Waals surface area contributed by atoms with E-state index in [-0.39, 0.29) is 5.41 Å². The Morgan fingerprint density at radius 3 is 2.44 bits per heavy atom. The molecule has 0 aliphatic heterocycles. The summed E-state index contributed by atoms with van der Waals surface area (Å²) in [5.41, 5.74) is -0.238. The zero-order chi connectivity index (χ0) is 11.8. The van der Waals surface area contributed by atoms with Crippen molar-refractivity contribution in [3.05, 3.63) is 0 Å². The second-order valence-corrected chi connectivity index (χ2v) is 6.15. The summed E-state index contributed by atoms with van der Waals surface area (Å²) in [6.45, 7) is 5.22. The third kappa shape index (κ3) is 2.13. The van der Waals surface area contributed by atoms with Gasteiger partial charge in [-0.05, 0) is 19.3 Å². The third-order valence-electron chi connectivity index (χ3n) is 4.67. The Morgan fingerprint density at radius 1 is 1.31 bits per heavy atom. The van der Waals surface area contributed by atoms with Gasteiger partial charge in [0.25, 0.3) is 0 Å². The molecule has 2 aliphatic carbocycles. The lowest BCUT2D eigenvalue weighted by Crippen LogP contribution is -2.62. The van der Waals surface area contributed by atoms with Gasteiger partial charge in [-0.1, -0.05) is 26.7 Å². The molecular weight excluding hydrogens is 202 g/mol. The highest BCUT2D eigenvalue weighted by molar-refractivity contribution is 5.03. The average molecular weight is 227 g/mol. The Labute approximate surface area is 98.6 Å². The summed E-state index contributed by atoms with van der Waals surface area (Å²) in [5.74, 6) is 0. The smallest absolute Gasteiger partial charge is 0.0771 e. The Morgan fingerprint density at radius 2 is 1.94 bits per heavy atom. The topological polar surface area (TPSA) is 41.5 Å². The van der Waals surface area contributed by atoms with Gasteiger partial charge >= 0.3 is 0 Å². The molecule has 3 nitrogen and oxygen atoms in total. The Balaban J connectivity index is 1.79. The summed E-state index contributed by atoms with van der Waals surface area (Å²) in [5, 5.41) is 13.8. The fraction of sp³-hybridized carbons (Fsp3) is 1.00. The van der Waals surface area contributed by atoms with E-state index in [1.54, 1.807) is 7.11 Å². The predicted octanol–water partition coefficient (Wildman–Crippen LogP) is 1.69. The van der Waals surface area contributed by atoms with Gasteiger partial charge in [0.1, 0.15) is 0 Å². The summed E-state index contributed by atoms with van der Waals surface area (Å²) in [6, 6.07) is 0.488. The molecule has 0 bridgehead atoms. The van der Waals surface area contributed by atoms with Crippen LogP contribution in [0.5, 0.6) is 0 Å². The van der Waals surface area contributed by atoms with E-state index in [1.165, 1.54) is 12.8 Å². The lowest BCUT2D eigenvalue weighted by molar-refractivity contribution is -0.102. The number of rotatable bonds is 4. The molecule has 2 atom stereocenters. The zero-order valence-corrected chi connectivity index (χ0v) is 10.8. The number of nitrogens with one attached hydrogen (secondary N) is 1. The van der Waals surface area contributed by atoms with Gasteiger partial charge in [0.15, 0.2) is 0 Å². The number of aliphatic hydroxyl groups is 1. The van der Waals surface area contributed by atoms with E-state index in [1.807, 2.05) is 0 Å². The normalized spacial score (nSPS) is 36.0. The number of hydrogen-bond acceptors (Lipinski definition) is 3. The fourth-order valence-electron chi connectivity index (χ4n) is 3.15. The van der Waals surface area contributed by atoms with Crippen LogP contribution in [0.15, 0.2) is 0 Å². The molecule has 0 saturated heterocycles. The van der Waals surface area contributed by atoms with E-state index in [9.17, 15) is 5.11 Å². The van der Waals surface area contributed by atoms with Gasteiger partial charge in [-0.15, -0.1) is 0 Å². The molecule has 0 radical (unpaired) electrons. The lowest BCUT2D eigenvalue weighted by atomic mass is 9.64. The van der Waals surface area contributed by atoms with Crippen molar-refractivity contribution in [3.8, 4) is 0 Å². The lowest BCUT2D eigenvalue weighted by Gasteiger charge is -2.52. The van der Waals surface area contributed by atoms with Crippen LogP contribution in [-0.2, 0) is 4.74 Å². The average Bonchev–Trinajstić information content (AvgIpc) is 2.64. The van der Waals surface area contributed by atoms with Crippen LogP contribution in [0.3, 0.4) is 0 Å². The maximum atomic E-state index is 10.3. The van der Waals surface area contributed by atoms with E-state index in [4.69, 9.17) is 4.74 Å². The zero-order valence-electron chi connectivity index (χ0n) is 10.8. The summed E-state index contributed by atoms with van der Waals surface area (Å²) in [7, 11) is 1.78. The van der Waals surface area contributed by atoms with Crippen LogP contribution in [0.25, 0.3) is 0 Å². The molecule has 2 aliphatic rings. The highest BCUT2D eigenvalue weighted by Gasteiger charge is 2.49. The van der Waals surface area contributed by atoms with E-state index in [2.05, 4.69) is 19.2 Å². The molecule has 0 amide bonds. The first-order valence-electron chi connectivity index (χ1n) is 6.46. The molecule has 0 aromatic carbocycles. The molecule has 0 aromatic heterocycles. The van der Waals surface area contributed by atoms with Crippen molar-refractivity contribution in [1.29, 1.82) is 0 Å². The van der Waals surface area contributed by atoms with Crippen LogP contribution < -0.4 is 5.32 Å². The Kier molecular flexibility index (Phi) is 3.30. The second-order valence-electron chi connectivity index (χ2n) is 6.15. The minimum absolute atomic E-state index is 0.198. The first-order chi connectivity index (χ1) is 7.48. The van der Waals surface area contributed by atoms with E-state index >= 15 is 0 Å². The molecule has 2 saturated carbocycles. The van der Waals surface area contributed by atoms with Crippen molar-refractivity contribution < 1.29 is 9.84 Å². The molecule has 2 rings (SSSR count). The largest absolute Gasteiger partial charge is 0.389 e. The minimum atomic E-state index is -0.436. The van der Waals surface area contributed by atoms with Gasteiger partial charge in [0, 0.05) is 25.1 Å². The highest BCUT2D eigenvalue weighted by atomic mass is 16.5.